The zero-order valence-corrected chi connectivity index (χ0v) is 45.9. The Hall–Kier alpha value is -6.93. The fraction of sp³-hybridized carbons (Fsp3) is 0.451. The maximum absolute atomic E-state index is 14.1. The van der Waals surface area contributed by atoms with E-state index in [9.17, 15) is 103 Å². The van der Waals surface area contributed by atoms with Crippen molar-refractivity contribution in [2.45, 2.75) is 45.1 Å². The highest BCUT2D eigenvalue weighted by Crippen LogP contribution is 2.32. The van der Waals surface area contributed by atoms with Gasteiger partial charge >= 0.3 is 17.9 Å². The Morgan fingerprint density at radius 3 is 0.828 bits per heavy atom. The molecule has 492 valence electrons. The van der Waals surface area contributed by atoms with Gasteiger partial charge in [0.1, 0.15) is 5.54 Å². The molecule has 5 N–H and O–H groups in total. The molecule has 3 aromatic rings. The van der Waals surface area contributed by atoms with Gasteiger partial charge in [-0.15, -0.1) is 0 Å². The van der Waals surface area contributed by atoms with Gasteiger partial charge in [0, 0.05) is 13.0 Å². The van der Waals surface area contributed by atoms with Crippen LogP contribution in [0.4, 0.5) is 83.4 Å². The van der Waals surface area contributed by atoms with Crippen molar-refractivity contribution >= 4 is 23.8 Å². The normalized spacial score (nSPS) is 11.3. The van der Waals surface area contributed by atoms with Crippen molar-refractivity contribution in [3.63, 3.8) is 0 Å². The van der Waals surface area contributed by atoms with E-state index in [2.05, 4.69) is 38.4 Å². The SMILES string of the molecule is C=C(F)/C(F)=C(/F)C(=C)F.CC.CN.NCCOCCOCCOCCOCCC(=O)NC(COCCC(=O)Oc1c(F)c(F)c(F)c(F)c1F)(COCCC(=O)Oc1c(F)c(F)c(F)c(F)c1F)COCCC(=O)Oc1c(F)c(F)c(F)c(F)c1F. The Labute approximate surface area is 482 Å². The van der Waals surface area contributed by atoms with Crippen LogP contribution in [0, 0.1) is 87.3 Å². The highest BCUT2D eigenvalue weighted by Gasteiger charge is 2.36. The quantitative estimate of drug-likeness (QED) is 0.00950. The van der Waals surface area contributed by atoms with E-state index in [1.807, 2.05) is 13.8 Å². The Morgan fingerprint density at radius 2 is 0.586 bits per heavy atom. The summed E-state index contributed by atoms with van der Waals surface area (Å²) in [5, 5.41) is 2.39. The standard InChI is InChI=1S/C42H41F15N2O14.C6H4F4.C2H6.CH5N/c43-24-27(46)33(52)39(34(53)28(24)47)71-21(61)2-7-68-17-42(59-20(60)1-6-64-11-13-66-15-16-67-14-12-65-10-5-58,18-69-8-3-22(62)72-40-35(54)29(48)25(44)30(49)36(40)55)19-70-9-4-23(63)73-41-37(56)31(50)26(45)32(51)38(41)57;1-3(7)5(9)6(10)4(2)8;2*1-2/h1-19,58H2,(H,59,60);1-2H2;1-2H3;2H2,1H3/b;6-5-;;. The van der Waals surface area contributed by atoms with Gasteiger partial charge in [-0.1, -0.05) is 27.0 Å². The molecular formula is C51H56F19N3O14. The van der Waals surface area contributed by atoms with Crippen LogP contribution in [0.25, 0.3) is 0 Å². The largest absolute Gasteiger partial charge is 0.420 e. The van der Waals surface area contributed by atoms with Gasteiger partial charge in [0.05, 0.1) is 112 Å². The summed E-state index contributed by atoms with van der Waals surface area (Å²) in [5.41, 5.74) is 7.66. The van der Waals surface area contributed by atoms with Crippen LogP contribution in [0.3, 0.4) is 0 Å². The summed E-state index contributed by atoms with van der Waals surface area (Å²) in [7, 11) is 1.50. The van der Waals surface area contributed by atoms with Gasteiger partial charge < -0.3 is 64.2 Å². The third-order valence-corrected chi connectivity index (χ3v) is 9.57. The second-order valence-electron chi connectivity index (χ2n) is 15.8. The molecular weight excluding hydrogens is 1240 g/mol. The number of nitrogens with two attached hydrogens (primary N) is 2. The number of nitrogens with one attached hydrogen (secondary N) is 1. The smallest absolute Gasteiger partial charge is 0.313 e. The molecule has 0 fully saturated rings. The van der Waals surface area contributed by atoms with Crippen LogP contribution in [0.1, 0.15) is 39.5 Å². The average Bonchev–Trinajstić information content (AvgIpc) is 1.29. The minimum atomic E-state index is -2.57. The molecule has 0 saturated carbocycles. The lowest BCUT2D eigenvalue weighted by molar-refractivity contribution is -0.138. The van der Waals surface area contributed by atoms with E-state index >= 15 is 0 Å². The second-order valence-corrected chi connectivity index (χ2v) is 15.8. The summed E-state index contributed by atoms with van der Waals surface area (Å²) in [6, 6.07) is 0. The van der Waals surface area contributed by atoms with Crippen molar-refractivity contribution in [3.8, 4) is 17.2 Å². The third kappa shape index (κ3) is 26.5. The Kier molecular flexibility index (Phi) is 38.7. The predicted molar refractivity (Wildman–Crippen MR) is 261 cm³/mol. The van der Waals surface area contributed by atoms with E-state index in [4.69, 9.17) is 38.9 Å². The lowest BCUT2D eigenvalue weighted by Gasteiger charge is -2.34. The fourth-order valence-corrected chi connectivity index (χ4v) is 5.63. The van der Waals surface area contributed by atoms with Crippen LogP contribution in [-0.4, -0.2) is 135 Å². The Bertz CT molecular complexity index is 2470. The van der Waals surface area contributed by atoms with Crippen molar-refractivity contribution in [2.24, 2.45) is 11.5 Å². The van der Waals surface area contributed by atoms with Crippen LogP contribution in [0.15, 0.2) is 36.5 Å². The molecule has 0 radical (unpaired) electrons. The molecule has 0 aliphatic rings. The molecule has 17 nitrogen and oxygen atoms in total. The van der Waals surface area contributed by atoms with Crippen LogP contribution in [-0.2, 0) is 52.3 Å². The number of esters is 3. The number of rotatable bonds is 35. The number of amides is 1. The molecule has 1 amide bonds. The van der Waals surface area contributed by atoms with Gasteiger partial charge in [-0.25, -0.2) is 57.1 Å². The number of hydrogen-bond donors (Lipinski definition) is 3. The van der Waals surface area contributed by atoms with Crippen molar-refractivity contribution in [2.75, 3.05) is 106 Å². The number of ether oxygens (including phenoxy) is 10. The van der Waals surface area contributed by atoms with Crippen molar-refractivity contribution in [1.29, 1.82) is 0 Å². The van der Waals surface area contributed by atoms with Gasteiger partial charge in [0.2, 0.25) is 110 Å². The first kappa shape index (κ1) is 80.1. The first-order chi connectivity index (χ1) is 41.0. The van der Waals surface area contributed by atoms with Crippen LogP contribution in [0.5, 0.6) is 17.2 Å². The number of hydrogen-bond acceptors (Lipinski definition) is 16. The lowest BCUT2D eigenvalue weighted by Crippen LogP contribution is -2.59. The van der Waals surface area contributed by atoms with E-state index in [0.29, 0.717) is 19.8 Å². The number of allylic oxidation sites excluding steroid dienone is 4. The van der Waals surface area contributed by atoms with Gasteiger partial charge in [-0.2, -0.15) is 26.3 Å². The van der Waals surface area contributed by atoms with E-state index in [1.54, 1.807) is 0 Å². The topological polar surface area (TPSA) is 225 Å². The summed E-state index contributed by atoms with van der Waals surface area (Å²) in [5.74, 6) is -56.7. The van der Waals surface area contributed by atoms with Gasteiger partial charge in [-0.05, 0) is 7.05 Å². The first-order valence-electron chi connectivity index (χ1n) is 24.6. The molecule has 0 bridgehead atoms. The molecule has 0 saturated heterocycles. The highest BCUT2D eigenvalue weighted by atomic mass is 19.2. The predicted octanol–water partition coefficient (Wildman–Crippen LogP) is 9.08. The summed E-state index contributed by atoms with van der Waals surface area (Å²) in [4.78, 5) is 50.5. The summed E-state index contributed by atoms with van der Waals surface area (Å²) in [6.45, 7) is 4.59. The number of carbonyl (C=O) groups is 4. The van der Waals surface area contributed by atoms with E-state index < -0.39 is 222 Å². The zero-order valence-electron chi connectivity index (χ0n) is 45.9. The molecule has 36 heteroatoms. The minimum Gasteiger partial charge on any atom is -0.420 e. The molecule has 3 rings (SSSR count). The molecule has 0 aliphatic carbocycles. The molecule has 0 unspecified atom stereocenters. The minimum absolute atomic E-state index is 0.0143. The average molecular weight is 1300 g/mol. The number of carbonyl (C=O) groups excluding carboxylic acids is 4. The monoisotopic (exact) mass is 1300 g/mol. The highest BCUT2D eigenvalue weighted by molar-refractivity contribution is 5.77. The zero-order chi connectivity index (χ0) is 66.7. The Balaban J connectivity index is 0.00000473. The molecule has 0 aromatic heterocycles. The van der Waals surface area contributed by atoms with Crippen molar-refractivity contribution < 1.29 is 150 Å². The molecule has 3 aromatic carbocycles. The molecule has 0 atom stereocenters. The number of halogens is 19. The van der Waals surface area contributed by atoms with Crippen LogP contribution >= 0.6 is 0 Å². The molecule has 0 spiro atoms. The van der Waals surface area contributed by atoms with Crippen LogP contribution in [0.2, 0.25) is 0 Å². The molecule has 87 heavy (non-hydrogen) atoms. The second kappa shape index (κ2) is 42.0. The van der Waals surface area contributed by atoms with E-state index in [-0.39, 0.29) is 39.6 Å². The fourth-order valence-electron chi connectivity index (χ4n) is 5.63. The van der Waals surface area contributed by atoms with Crippen LogP contribution < -0.4 is 31.0 Å². The van der Waals surface area contributed by atoms with Gasteiger partial charge in [0.15, 0.2) is 23.3 Å². The van der Waals surface area contributed by atoms with E-state index in [1.165, 1.54) is 7.05 Å². The summed E-state index contributed by atoms with van der Waals surface area (Å²) >= 11 is 0. The summed E-state index contributed by atoms with van der Waals surface area (Å²) in [6.07, 6.45) is -3.62. The third-order valence-electron chi connectivity index (χ3n) is 9.57. The summed E-state index contributed by atoms with van der Waals surface area (Å²) < 4.78 is 304. The Morgan fingerprint density at radius 1 is 0.368 bits per heavy atom. The molecule has 0 heterocycles. The lowest BCUT2D eigenvalue weighted by atomic mass is 10.0. The van der Waals surface area contributed by atoms with Crippen molar-refractivity contribution in [3.05, 3.63) is 124 Å². The van der Waals surface area contributed by atoms with E-state index in [0.717, 1.165) is 0 Å². The maximum Gasteiger partial charge on any atom is 0.313 e. The number of benzene rings is 3. The molecule has 0 aliphatic heterocycles. The van der Waals surface area contributed by atoms with Gasteiger partial charge in [0.25, 0.3) is 0 Å². The maximum atomic E-state index is 14.1. The van der Waals surface area contributed by atoms with Crippen molar-refractivity contribution in [1.82, 2.24) is 5.32 Å². The van der Waals surface area contributed by atoms with Gasteiger partial charge in [-0.3, -0.25) is 19.2 Å². The first-order valence-corrected chi connectivity index (χ1v) is 24.6.